The third-order valence-electron chi connectivity index (χ3n) is 3.78. The van der Waals surface area contributed by atoms with Crippen molar-refractivity contribution in [2.75, 3.05) is 26.2 Å². The number of rotatable bonds is 2. The number of nitrogens with zero attached hydrogens (tertiary/aromatic N) is 1. The zero-order valence-electron chi connectivity index (χ0n) is 12.6. The summed E-state index contributed by atoms with van der Waals surface area (Å²) in [5, 5.41) is 1.14. The quantitative estimate of drug-likeness (QED) is 0.914. The summed E-state index contributed by atoms with van der Waals surface area (Å²) in [4.78, 5) is 15.4. The molecule has 4 nitrogen and oxygen atoms in total. The maximum atomic E-state index is 12.7. The summed E-state index contributed by atoms with van der Waals surface area (Å²) in [7, 11) is 0. The zero-order valence-corrected chi connectivity index (χ0v) is 14.2. The molecule has 1 atom stereocenters. The molecule has 1 aromatic heterocycles. The van der Waals surface area contributed by atoms with E-state index in [2.05, 4.69) is 25.1 Å². The van der Waals surface area contributed by atoms with E-state index in [1.54, 1.807) is 11.3 Å². The summed E-state index contributed by atoms with van der Waals surface area (Å²) in [5.41, 5.74) is 6.90. The van der Waals surface area contributed by atoms with Crippen molar-refractivity contribution >= 4 is 39.7 Å². The molecule has 0 aliphatic carbocycles. The predicted octanol–water partition coefficient (Wildman–Crippen LogP) is 2.82. The maximum Gasteiger partial charge on any atom is 0.264 e. The minimum Gasteiger partial charge on any atom is -0.375 e. The van der Waals surface area contributed by atoms with E-state index in [1.165, 1.54) is 5.56 Å². The van der Waals surface area contributed by atoms with Crippen molar-refractivity contribution in [3.8, 4) is 0 Å². The molecule has 120 valence electrons. The lowest BCUT2D eigenvalue weighted by Gasteiger charge is -2.22. The van der Waals surface area contributed by atoms with Crippen molar-refractivity contribution < 1.29 is 9.53 Å². The molecule has 0 radical (unpaired) electrons. The molecule has 1 aliphatic rings. The molecule has 0 saturated carbocycles. The van der Waals surface area contributed by atoms with Gasteiger partial charge in [-0.15, -0.1) is 23.7 Å². The first-order valence-electron chi connectivity index (χ1n) is 7.28. The highest BCUT2D eigenvalue weighted by Crippen LogP contribution is 2.27. The number of amides is 1. The first-order valence-corrected chi connectivity index (χ1v) is 8.10. The number of hydrogen-bond acceptors (Lipinski definition) is 4. The van der Waals surface area contributed by atoms with Gasteiger partial charge in [0.05, 0.1) is 11.0 Å². The van der Waals surface area contributed by atoms with Gasteiger partial charge in [-0.2, -0.15) is 0 Å². The standard InChI is InChI=1S/C16H20N2O2S.ClH/c1-11-3-4-14-12(7-11)8-15(21-14)16(19)18-5-2-6-20-13(9-17)10-18;/h3-4,7-8,13H,2,5-6,9-10,17H2,1H3;1H/t13-;/m0./s1. The molecule has 2 N–H and O–H groups in total. The smallest absolute Gasteiger partial charge is 0.264 e. The number of carbonyl (C=O) groups is 1. The zero-order chi connectivity index (χ0) is 14.8. The summed E-state index contributed by atoms with van der Waals surface area (Å²) >= 11 is 1.56. The van der Waals surface area contributed by atoms with Gasteiger partial charge in [-0.25, -0.2) is 0 Å². The number of ether oxygens (including phenoxy) is 1. The Balaban J connectivity index is 0.00000176. The fourth-order valence-corrected chi connectivity index (χ4v) is 3.66. The van der Waals surface area contributed by atoms with Crippen molar-refractivity contribution in [1.29, 1.82) is 0 Å². The molecule has 3 rings (SSSR count). The van der Waals surface area contributed by atoms with Crippen LogP contribution < -0.4 is 5.73 Å². The molecule has 1 saturated heterocycles. The van der Waals surface area contributed by atoms with Gasteiger partial charge in [-0.1, -0.05) is 17.7 Å². The van der Waals surface area contributed by atoms with Gasteiger partial charge in [0.2, 0.25) is 0 Å². The van der Waals surface area contributed by atoms with Crippen LogP contribution in [0, 0.1) is 6.92 Å². The number of nitrogens with two attached hydrogens (primary N) is 1. The molecule has 1 amide bonds. The molecule has 1 fully saturated rings. The summed E-state index contributed by atoms with van der Waals surface area (Å²) < 4.78 is 6.79. The Kier molecular flexibility index (Phi) is 5.81. The van der Waals surface area contributed by atoms with Crippen LogP contribution in [0.5, 0.6) is 0 Å². The Labute approximate surface area is 140 Å². The highest BCUT2D eigenvalue weighted by atomic mass is 35.5. The molecule has 0 bridgehead atoms. The summed E-state index contributed by atoms with van der Waals surface area (Å²) in [6.07, 6.45) is 0.819. The Morgan fingerprint density at radius 3 is 3.05 bits per heavy atom. The van der Waals surface area contributed by atoms with E-state index in [4.69, 9.17) is 10.5 Å². The van der Waals surface area contributed by atoms with Crippen molar-refractivity contribution in [1.82, 2.24) is 4.90 Å². The molecule has 2 heterocycles. The second-order valence-corrected chi connectivity index (χ2v) is 6.57. The first-order chi connectivity index (χ1) is 10.2. The van der Waals surface area contributed by atoms with Gasteiger partial charge < -0.3 is 15.4 Å². The van der Waals surface area contributed by atoms with E-state index < -0.39 is 0 Å². The van der Waals surface area contributed by atoms with Crippen LogP contribution in [0.25, 0.3) is 10.1 Å². The fraction of sp³-hybridized carbons (Fsp3) is 0.438. The largest absolute Gasteiger partial charge is 0.375 e. The summed E-state index contributed by atoms with van der Waals surface area (Å²) in [6, 6.07) is 8.28. The van der Waals surface area contributed by atoms with E-state index >= 15 is 0 Å². The summed E-state index contributed by atoms with van der Waals surface area (Å²) in [5.74, 6) is 0.0952. The highest BCUT2D eigenvalue weighted by molar-refractivity contribution is 7.20. The van der Waals surface area contributed by atoms with Crippen LogP contribution in [0.2, 0.25) is 0 Å². The third-order valence-corrected chi connectivity index (χ3v) is 4.89. The second kappa shape index (κ2) is 7.42. The van der Waals surface area contributed by atoms with E-state index in [0.29, 0.717) is 19.7 Å². The number of hydrogen-bond donors (Lipinski definition) is 1. The monoisotopic (exact) mass is 340 g/mol. The molecule has 0 unspecified atom stereocenters. The van der Waals surface area contributed by atoms with Crippen molar-refractivity contribution in [3.63, 3.8) is 0 Å². The van der Waals surface area contributed by atoms with E-state index in [0.717, 1.165) is 27.9 Å². The number of benzene rings is 1. The number of carbonyl (C=O) groups excluding carboxylic acids is 1. The SMILES string of the molecule is Cc1ccc2sc(C(=O)N3CCCO[C@@H](CN)C3)cc2c1.Cl. The van der Waals surface area contributed by atoms with Gasteiger partial charge in [0, 0.05) is 30.9 Å². The highest BCUT2D eigenvalue weighted by Gasteiger charge is 2.23. The average Bonchev–Trinajstić information content (AvgIpc) is 2.75. The van der Waals surface area contributed by atoms with Crippen LogP contribution in [0.1, 0.15) is 21.7 Å². The van der Waals surface area contributed by atoms with Gasteiger partial charge in [0.15, 0.2) is 0 Å². The average molecular weight is 341 g/mol. The van der Waals surface area contributed by atoms with E-state index in [-0.39, 0.29) is 24.4 Å². The third kappa shape index (κ3) is 3.60. The lowest BCUT2D eigenvalue weighted by atomic mass is 10.2. The molecule has 1 aromatic carbocycles. The van der Waals surface area contributed by atoms with Crippen LogP contribution in [0.3, 0.4) is 0 Å². The lowest BCUT2D eigenvalue weighted by molar-refractivity contribution is 0.0522. The fourth-order valence-electron chi connectivity index (χ4n) is 2.65. The van der Waals surface area contributed by atoms with Crippen molar-refractivity contribution in [2.45, 2.75) is 19.4 Å². The Bertz CT molecular complexity index is 659. The minimum absolute atomic E-state index is 0. The van der Waals surface area contributed by atoms with E-state index in [9.17, 15) is 4.79 Å². The van der Waals surface area contributed by atoms with Gasteiger partial charge in [0.25, 0.3) is 5.91 Å². The normalized spacial score (nSPS) is 18.8. The molecule has 1 aliphatic heterocycles. The number of fused-ring (bicyclic) bond motifs is 1. The molecule has 22 heavy (non-hydrogen) atoms. The molecular formula is C16H21ClN2O2S. The molecular weight excluding hydrogens is 320 g/mol. The second-order valence-electron chi connectivity index (χ2n) is 5.49. The van der Waals surface area contributed by atoms with Crippen molar-refractivity contribution in [3.05, 3.63) is 34.7 Å². The topological polar surface area (TPSA) is 55.6 Å². The predicted molar refractivity (Wildman–Crippen MR) is 93.1 cm³/mol. The van der Waals surface area contributed by atoms with Crippen LogP contribution >= 0.6 is 23.7 Å². The first kappa shape index (κ1) is 17.2. The Hall–Kier alpha value is -1.14. The number of thiophene rings is 1. The van der Waals surface area contributed by atoms with Crippen LogP contribution in [0.4, 0.5) is 0 Å². The molecule has 2 aromatic rings. The van der Waals surface area contributed by atoms with Crippen molar-refractivity contribution in [2.24, 2.45) is 5.73 Å². The Morgan fingerprint density at radius 2 is 2.27 bits per heavy atom. The molecule has 0 spiro atoms. The molecule has 6 heteroatoms. The lowest BCUT2D eigenvalue weighted by Crippen LogP contribution is -2.39. The van der Waals surface area contributed by atoms with E-state index in [1.807, 2.05) is 11.0 Å². The van der Waals surface area contributed by atoms with Crippen LogP contribution in [-0.4, -0.2) is 43.2 Å². The maximum absolute atomic E-state index is 12.7. The Morgan fingerprint density at radius 1 is 1.45 bits per heavy atom. The minimum atomic E-state index is -0.0481. The van der Waals surface area contributed by atoms with Crippen LogP contribution in [0.15, 0.2) is 24.3 Å². The summed E-state index contributed by atoms with van der Waals surface area (Å²) in [6.45, 7) is 4.52. The van der Waals surface area contributed by atoms with Gasteiger partial charge >= 0.3 is 0 Å². The van der Waals surface area contributed by atoms with Gasteiger partial charge in [-0.3, -0.25) is 4.79 Å². The number of aryl methyl sites for hydroxylation is 1. The van der Waals surface area contributed by atoms with Gasteiger partial charge in [0.1, 0.15) is 0 Å². The number of halogens is 1. The van der Waals surface area contributed by atoms with Crippen LogP contribution in [-0.2, 0) is 4.74 Å². The van der Waals surface area contributed by atoms with Gasteiger partial charge in [-0.05, 0) is 30.9 Å².